The molecule has 0 heterocycles. The van der Waals surface area contributed by atoms with Crippen molar-refractivity contribution >= 4 is 37.6 Å². The van der Waals surface area contributed by atoms with Crippen LogP contribution in [0.2, 0.25) is 0 Å². The van der Waals surface area contributed by atoms with E-state index in [0.717, 1.165) is 6.42 Å². The van der Waals surface area contributed by atoms with Gasteiger partial charge in [-0.3, -0.25) is 4.79 Å². The standard InChI is InChI=1S/C17H16F3O2P.Li.H/c1-2-12-22-14-8-10-15(11-9-14)23(17(18,19)20)16(21)13-6-4-3-5-7-13;;/h3-11H,2,12H2,1H3;;. The zero-order valence-electron chi connectivity index (χ0n) is 12.5. The number of hydrogen-bond acceptors (Lipinski definition) is 2. The van der Waals surface area contributed by atoms with Gasteiger partial charge in [0.2, 0.25) is 0 Å². The second-order valence-corrected chi connectivity index (χ2v) is 6.92. The van der Waals surface area contributed by atoms with Gasteiger partial charge in [0.15, 0.2) is 5.52 Å². The zero-order chi connectivity index (χ0) is 16.9. The topological polar surface area (TPSA) is 26.3 Å². The molecule has 2 rings (SSSR count). The average molecular weight is 348 g/mol. The molecule has 0 N–H and O–H groups in total. The molecule has 24 heavy (non-hydrogen) atoms. The van der Waals surface area contributed by atoms with Gasteiger partial charge in [0.25, 0.3) is 0 Å². The molecule has 7 heteroatoms. The van der Waals surface area contributed by atoms with Gasteiger partial charge >= 0.3 is 24.8 Å². The molecule has 0 saturated heterocycles. The van der Waals surface area contributed by atoms with E-state index >= 15 is 0 Å². The Kier molecular flexibility index (Phi) is 8.03. The quantitative estimate of drug-likeness (QED) is 0.575. The Morgan fingerprint density at radius 2 is 1.62 bits per heavy atom. The van der Waals surface area contributed by atoms with Crippen LogP contribution in [0, 0.1) is 0 Å². The van der Waals surface area contributed by atoms with Gasteiger partial charge in [0, 0.05) is 5.56 Å². The van der Waals surface area contributed by atoms with Crippen LogP contribution in [0.3, 0.4) is 0 Å². The van der Waals surface area contributed by atoms with Crippen LogP contribution >= 0.6 is 7.92 Å². The van der Waals surface area contributed by atoms with Gasteiger partial charge in [-0.2, -0.15) is 13.2 Å². The van der Waals surface area contributed by atoms with Crippen molar-refractivity contribution in [1.29, 1.82) is 0 Å². The summed E-state index contributed by atoms with van der Waals surface area (Å²) in [6.07, 6.45) is 0.809. The van der Waals surface area contributed by atoms with Crippen LogP contribution in [0.4, 0.5) is 13.2 Å². The third-order valence-electron chi connectivity index (χ3n) is 3.05. The molecular weight excluding hydrogens is 331 g/mol. The molecule has 124 valence electrons. The number of alkyl halides is 3. The number of hydrogen-bond donors (Lipinski definition) is 0. The first-order valence-corrected chi connectivity index (χ1v) is 8.47. The number of rotatable bonds is 6. The summed E-state index contributed by atoms with van der Waals surface area (Å²) in [5, 5.41) is -0.0230. The molecule has 0 aliphatic heterocycles. The van der Waals surface area contributed by atoms with Crippen LogP contribution in [0.1, 0.15) is 23.7 Å². The molecule has 2 aromatic carbocycles. The van der Waals surface area contributed by atoms with E-state index in [4.69, 9.17) is 4.74 Å². The molecule has 0 saturated carbocycles. The molecule has 2 aromatic rings. The van der Waals surface area contributed by atoms with Crippen molar-refractivity contribution in [2.45, 2.75) is 19.3 Å². The summed E-state index contributed by atoms with van der Waals surface area (Å²) in [6, 6.07) is 13.2. The summed E-state index contributed by atoms with van der Waals surface area (Å²) in [5.74, 6) is -4.09. The van der Waals surface area contributed by atoms with Gasteiger partial charge in [-0.15, -0.1) is 0 Å². The molecule has 1 atom stereocenters. The van der Waals surface area contributed by atoms with Crippen molar-refractivity contribution in [2.24, 2.45) is 0 Å². The first kappa shape index (κ1) is 20.8. The minimum atomic E-state index is -4.59. The molecule has 0 spiro atoms. The average Bonchev–Trinajstić information content (AvgIpc) is 2.54. The van der Waals surface area contributed by atoms with Crippen molar-refractivity contribution < 1.29 is 22.7 Å². The second kappa shape index (κ2) is 9.27. The van der Waals surface area contributed by atoms with E-state index in [9.17, 15) is 18.0 Å². The predicted molar refractivity (Wildman–Crippen MR) is 92.8 cm³/mol. The van der Waals surface area contributed by atoms with Crippen molar-refractivity contribution in [3.8, 4) is 5.75 Å². The maximum absolute atomic E-state index is 13.4. The number of halogens is 3. The minimum absolute atomic E-state index is 0. The van der Waals surface area contributed by atoms with Crippen molar-refractivity contribution in [3.05, 3.63) is 60.2 Å². The third-order valence-corrected chi connectivity index (χ3v) is 5.03. The normalized spacial score (nSPS) is 12.2. The maximum atomic E-state index is 13.4. The second-order valence-electron chi connectivity index (χ2n) is 4.82. The van der Waals surface area contributed by atoms with E-state index in [1.165, 1.54) is 36.4 Å². The van der Waals surface area contributed by atoms with Crippen molar-refractivity contribution in [1.82, 2.24) is 0 Å². The molecular formula is C17H17F3LiO2P. The first-order chi connectivity index (χ1) is 10.9. The summed E-state index contributed by atoms with van der Waals surface area (Å²) in [5.41, 5.74) is -0.822. The molecule has 2 nitrogen and oxygen atoms in total. The molecule has 0 radical (unpaired) electrons. The Morgan fingerprint density at radius 1 is 1.04 bits per heavy atom. The number of carbonyl (C=O) groups excluding carboxylic acids is 1. The van der Waals surface area contributed by atoms with Gasteiger partial charge in [-0.25, -0.2) is 0 Å². The monoisotopic (exact) mass is 348 g/mol. The summed E-state index contributed by atoms with van der Waals surface area (Å²) >= 11 is 0. The van der Waals surface area contributed by atoms with Gasteiger partial charge in [0.1, 0.15) is 13.7 Å². The summed E-state index contributed by atoms with van der Waals surface area (Å²) in [7, 11) is -2.95. The fraction of sp³-hybridized carbons (Fsp3) is 0.235. The van der Waals surface area contributed by atoms with Crippen LogP contribution < -0.4 is 10.0 Å². The van der Waals surface area contributed by atoms with E-state index in [1.54, 1.807) is 18.2 Å². The van der Waals surface area contributed by atoms with Crippen LogP contribution in [-0.4, -0.2) is 36.9 Å². The number of benzene rings is 2. The van der Waals surface area contributed by atoms with E-state index < -0.39 is 19.4 Å². The van der Waals surface area contributed by atoms with E-state index in [1.807, 2.05) is 6.92 Å². The van der Waals surface area contributed by atoms with Crippen LogP contribution in [-0.2, 0) is 0 Å². The van der Waals surface area contributed by atoms with E-state index in [-0.39, 0.29) is 29.7 Å². The van der Waals surface area contributed by atoms with E-state index in [0.29, 0.717) is 12.4 Å². The first-order valence-electron chi connectivity index (χ1n) is 7.12. The Labute approximate surface area is 152 Å². The Hall–Kier alpha value is -1.27. The molecule has 0 aromatic heterocycles. The number of carbonyl (C=O) groups is 1. The summed E-state index contributed by atoms with van der Waals surface area (Å²) in [4.78, 5) is 12.3. The Bertz CT molecular complexity index is 645. The van der Waals surface area contributed by atoms with Gasteiger partial charge in [-0.1, -0.05) is 49.4 Å². The fourth-order valence-corrected chi connectivity index (χ4v) is 3.61. The van der Waals surface area contributed by atoms with Crippen LogP contribution in [0.15, 0.2) is 54.6 Å². The fourth-order valence-electron chi connectivity index (χ4n) is 2.00. The summed E-state index contributed by atoms with van der Waals surface area (Å²) in [6.45, 7) is 2.44. The van der Waals surface area contributed by atoms with Crippen LogP contribution in [0.25, 0.3) is 0 Å². The Morgan fingerprint density at radius 3 is 2.12 bits per heavy atom. The van der Waals surface area contributed by atoms with Crippen molar-refractivity contribution in [2.75, 3.05) is 6.61 Å². The molecule has 0 bridgehead atoms. The molecule has 0 aliphatic rings. The third kappa shape index (κ3) is 5.38. The molecule has 0 aliphatic carbocycles. The molecule has 0 fully saturated rings. The molecule has 0 amide bonds. The van der Waals surface area contributed by atoms with Gasteiger partial charge in [-0.05, 0) is 23.9 Å². The SMILES string of the molecule is CCCOc1ccc(P(C(=O)c2ccccc2)C(F)(F)F)cc1.[LiH]. The predicted octanol–water partition coefficient (Wildman–Crippen LogP) is 4.29. The van der Waals surface area contributed by atoms with E-state index in [2.05, 4.69) is 0 Å². The van der Waals surface area contributed by atoms with Gasteiger partial charge < -0.3 is 4.74 Å². The Balaban J connectivity index is 0.00000288. The van der Waals surface area contributed by atoms with Crippen LogP contribution in [0.5, 0.6) is 5.75 Å². The number of ether oxygens (including phenoxy) is 1. The van der Waals surface area contributed by atoms with Crippen molar-refractivity contribution in [3.63, 3.8) is 0 Å². The van der Waals surface area contributed by atoms with Gasteiger partial charge in [0.05, 0.1) is 6.61 Å². The summed E-state index contributed by atoms with van der Waals surface area (Å²) < 4.78 is 45.6. The molecule has 1 unspecified atom stereocenters. The zero-order valence-corrected chi connectivity index (χ0v) is 13.4.